The van der Waals surface area contributed by atoms with E-state index in [9.17, 15) is 19.2 Å². The fourth-order valence-corrected chi connectivity index (χ4v) is 10.4. The first-order valence-corrected chi connectivity index (χ1v) is 15.4. The van der Waals surface area contributed by atoms with Crippen LogP contribution in [-0.2, 0) is 19.1 Å². The van der Waals surface area contributed by atoms with Crippen LogP contribution in [0.3, 0.4) is 0 Å². The highest BCUT2D eigenvalue weighted by atomic mass is 32.2. The number of esters is 1. The number of anilines is 1. The van der Waals surface area contributed by atoms with Crippen LogP contribution in [0.2, 0.25) is 0 Å². The molecule has 4 unspecified atom stereocenters. The summed E-state index contributed by atoms with van der Waals surface area (Å²) in [6, 6.07) is 14.6. The number of imide groups is 1. The first-order valence-electron chi connectivity index (χ1n) is 13.7. The van der Waals surface area contributed by atoms with Crippen LogP contribution >= 0.6 is 23.1 Å². The summed E-state index contributed by atoms with van der Waals surface area (Å²) in [5.74, 6) is -0.113. The van der Waals surface area contributed by atoms with Crippen LogP contribution in [0, 0.1) is 29.6 Å². The Labute approximate surface area is 244 Å². The number of aromatic nitrogens is 1. The van der Waals surface area contributed by atoms with Gasteiger partial charge in [-0.15, -0.1) is 11.8 Å². The van der Waals surface area contributed by atoms with Gasteiger partial charge >= 0.3 is 10.8 Å². The summed E-state index contributed by atoms with van der Waals surface area (Å²) in [5.41, 5.74) is 1.59. The third-order valence-corrected chi connectivity index (χ3v) is 11.5. The van der Waals surface area contributed by atoms with Crippen molar-refractivity contribution in [2.24, 2.45) is 29.6 Å². The van der Waals surface area contributed by atoms with E-state index in [1.807, 2.05) is 24.3 Å². The van der Waals surface area contributed by atoms with Crippen molar-refractivity contribution in [2.75, 3.05) is 25.2 Å². The summed E-state index contributed by atoms with van der Waals surface area (Å²) in [7, 11) is 1.58. The lowest BCUT2D eigenvalue weighted by atomic mass is 9.68. The number of thioether (sulfide) groups is 1. The molecule has 2 aliphatic carbocycles. The number of ether oxygens (including phenoxy) is 3. The van der Waals surface area contributed by atoms with Crippen LogP contribution in [0.25, 0.3) is 0 Å². The molecular formula is C30H28N2O7S2. The number of nitrogens with zero attached hydrogens (tertiary/aromatic N) is 1. The minimum absolute atomic E-state index is 0.0253. The summed E-state index contributed by atoms with van der Waals surface area (Å²) in [6.45, 7) is 1.87. The fraction of sp³-hybridized carbons (Fsp3) is 0.400. The number of hydrogen-bond acceptors (Lipinski definition) is 9. The molecule has 9 nitrogen and oxygen atoms in total. The lowest BCUT2D eigenvalue weighted by Gasteiger charge is -2.43. The highest BCUT2D eigenvalue weighted by Crippen LogP contribution is 2.68. The van der Waals surface area contributed by atoms with Crippen molar-refractivity contribution >= 4 is 46.6 Å². The largest absolute Gasteiger partial charge is 0.497 e. The second-order valence-corrected chi connectivity index (χ2v) is 13.0. The minimum atomic E-state index is -0.429. The third kappa shape index (κ3) is 4.12. The first kappa shape index (κ1) is 26.3. The number of H-pyrrole nitrogens is 1. The zero-order valence-electron chi connectivity index (χ0n) is 22.4. The van der Waals surface area contributed by atoms with Gasteiger partial charge in [0.2, 0.25) is 11.8 Å². The predicted octanol–water partition coefficient (Wildman–Crippen LogP) is 4.06. The Kier molecular flexibility index (Phi) is 6.46. The minimum Gasteiger partial charge on any atom is -0.497 e. The molecule has 212 valence electrons. The van der Waals surface area contributed by atoms with Gasteiger partial charge in [-0.1, -0.05) is 23.5 Å². The van der Waals surface area contributed by atoms with Crippen molar-refractivity contribution in [1.29, 1.82) is 0 Å². The number of fused-ring (bicyclic) bond motifs is 9. The Hall–Kier alpha value is -3.57. The van der Waals surface area contributed by atoms with Crippen LogP contribution in [0.1, 0.15) is 29.7 Å². The number of carbonyl (C=O) groups is 3. The van der Waals surface area contributed by atoms with E-state index in [0.29, 0.717) is 23.8 Å². The molecule has 0 radical (unpaired) electrons. The van der Waals surface area contributed by atoms with E-state index < -0.39 is 5.97 Å². The van der Waals surface area contributed by atoms with Gasteiger partial charge < -0.3 is 19.2 Å². The average molecular weight is 593 g/mol. The summed E-state index contributed by atoms with van der Waals surface area (Å²) in [5, 5.41) is 0.970. The normalized spacial score (nSPS) is 29.2. The molecule has 3 fully saturated rings. The maximum atomic E-state index is 13.9. The molecule has 2 bridgehead atoms. The van der Waals surface area contributed by atoms with Gasteiger partial charge in [0.25, 0.3) is 0 Å². The quantitative estimate of drug-likeness (QED) is 0.323. The van der Waals surface area contributed by atoms with Gasteiger partial charge in [0, 0.05) is 16.0 Å². The van der Waals surface area contributed by atoms with Crippen LogP contribution in [-0.4, -0.2) is 48.3 Å². The van der Waals surface area contributed by atoms with Gasteiger partial charge in [-0.2, -0.15) is 0 Å². The molecule has 7 atom stereocenters. The molecule has 2 amide bonds. The molecule has 0 spiro atoms. The third-order valence-electron chi connectivity index (χ3n) is 8.96. The lowest BCUT2D eigenvalue weighted by molar-refractivity contribution is -0.145. The van der Waals surface area contributed by atoms with Gasteiger partial charge in [-0.3, -0.25) is 19.3 Å². The van der Waals surface area contributed by atoms with Crippen molar-refractivity contribution in [3.05, 3.63) is 68.6 Å². The highest BCUT2D eigenvalue weighted by Gasteiger charge is 2.69. The van der Waals surface area contributed by atoms with E-state index in [4.69, 9.17) is 14.2 Å². The molecule has 1 aromatic heterocycles. The molecule has 7 rings (SSSR count). The Morgan fingerprint density at radius 1 is 0.976 bits per heavy atom. The number of amides is 2. The number of rotatable bonds is 7. The smallest absolute Gasteiger partial charge is 0.344 e. The number of nitrogens with one attached hydrogen (secondary N) is 1. The maximum Gasteiger partial charge on any atom is 0.344 e. The lowest BCUT2D eigenvalue weighted by Crippen LogP contribution is -2.42. The molecule has 11 heteroatoms. The predicted molar refractivity (Wildman–Crippen MR) is 153 cm³/mol. The second-order valence-electron chi connectivity index (χ2n) is 10.8. The molecule has 2 saturated carbocycles. The molecule has 4 aliphatic rings. The van der Waals surface area contributed by atoms with E-state index in [1.54, 1.807) is 50.1 Å². The number of carbonyl (C=O) groups excluding carboxylic acids is 3. The molecule has 1 saturated heterocycles. The van der Waals surface area contributed by atoms with Gasteiger partial charge in [0.1, 0.15) is 11.5 Å². The maximum absolute atomic E-state index is 13.9. The Bertz CT molecular complexity index is 1580. The van der Waals surface area contributed by atoms with Crippen LogP contribution in [0.5, 0.6) is 11.5 Å². The van der Waals surface area contributed by atoms with Crippen molar-refractivity contribution in [3.63, 3.8) is 0 Å². The monoisotopic (exact) mass is 592 g/mol. The summed E-state index contributed by atoms with van der Waals surface area (Å²) in [6.07, 6.45) is 0.821. The standard InChI is InChI=1S/C30H28N2O7S2/c1-3-38-20(33)13-39-17-8-4-14(5-9-17)21-22-18-12-19(25(22)40-27-26(21)41-30(36)31-27)24-23(18)28(34)32(29(24)35)15-6-10-16(37-2)11-7-15/h4-11,18-19,21-25H,3,12-13H2,1-2H3,(H,31,36)/t18-,19-,21-,22?,23?,24?,25?/m1/s1. The Balaban J connectivity index is 1.21. The van der Waals surface area contributed by atoms with Crippen LogP contribution in [0.4, 0.5) is 5.69 Å². The zero-order valence-corrected chi connectivity index (χ0v) is 24.0. The average Bonchev–Trinajstić information content (AvgIpc) is 3.71. The molecule has 2 aromatic carbocycles. The summed E-state index contributed by atoms with van der Waals surface area (Å²) >= 11 is 2.89. The Morgan fingerprint density at radius 2 is 1.66 bits per heavy atom. The first-order chi connectivity index (χ1) is 19.9. The van der Waals surface area contributed by atoms with E-state index in [-0.39, 0.29) is 64.1 Å². The van der Waals surface area contributed by atoms with Crippen molar-refractivity contribution in [2.45, 2.75) is 29.5 Å². The molecule has 2 aliphatic heterocycles. The highest BCUT2D eigenvalue weighted by molar-refractivity contribution is 8.00. The van der Waals surface area contributed by atoms with Gasteiger partial charge in [-0.05, 0) is 73.1 Å². The number of hydrogen-bond donors (Lipinski definition) is 1. The number of benzene rings is 2. The van der Waals surface area contributed by atoms with Gasteiger partial charge in [0.05, 0.1) is 36.3 Å². The van der Waals surface area contributed by atoms with E-state index >= 15 is 0 Å². The zero-order chi connectivity index (χ0) is 28.4. The number of thiazole rings is 1. The Morgan fingerprint density at radius 3 is 2.34 bits per heavy atom. The van der Waals surface area contributed by atoms with Crippen molar-refractivity contribution < 1.29 is 28.6 Å². The van der Waals surface area contributed by atoms with Gasteiger partial charge in [0.15, 0.2) is 6.61 Å². The van der Waals surface area contributed by atoms with E-state index in [2.05, 4.69) is 4.98 Å². The topological polar surface area (TPSA) is 115 Å². The number of methoxy groups -OCH3 is 1. The second kappa shape index (κ2) is 10.1. The molecular weight excluding hydrogens is 564 g/mol. The summed E-state index contributed by atoms with van der Waals surface area (Å²) in [4.78, 5) is 57.1. The van der Waals surface area contributed by atoms with Crippen molar-refractivity contribution in [3.8, 4) is 11.5 Å². The SMILES string of the molecule is CCOC(=O)COc1ccc([C@H]2c3sc(=O)[nH]c3SC3C2[C@H]2C[C@@H]3C3C(=O)N(c4ccc(OC)cc4)C(=O)C32)cc1. The van der Waals surface area contributed by atoms with Crippen molar-refractivity contribution in [1.82, 2.24) is 4.98 Å². The van der Waals surface area contributed by atoms with Crippen LogP contribution < -0.4 is 19.2 Å². The van der Waals surface area contributed by atoms with E-state index in [0.717, 1.165) is 21.9 Å². The van der Waals surface area contributed by atoms with Crippen LogP contribution in [0.15, 0.2) is 58.4 Å². The molecule has 3 heterocycles. The molecule has 1 N–H and O–H groups in total. The fourth-order valence-electron chi connectivity index (χ4n) is 7.49. The van der Waals surface area contributed by atoms with E-state index in [1.165, 1.54) is 16.2 Å². The molecule has 41 heavy (non-hydrogen) atoms. The van der Waals surface area contributed by atoms with Gasteiger partial charge in [-0.25, -0.2) is 4.79 Å². The molecule has 3 aromatic rings. The number of aromatic amines is 1. The summed E-state index contributed by atoms with van der Waals surface area (Å²) < 4.78 is 15.8.